The maximum Gasteiger partial charge on any atom is 0.278 e. The van der Waals surface area contributed by atoms with Crippen LogP contribution in [0, 0.1) is 0 Å². The summed E-state index contributed by atoms with van der Waals surface area (Å²) in [6, 6.07) is 8.32. The summed E-state index contributed by atoms with van der Waals surface area (Å²) in [4.78, 5) is 14.7. The smallest absolute Gasteiger partial charge is 0.278 e. The van der Waals surface area contributed by atoms with E-state index in [1.165, 1.54) is 5.56 Å². The van der Waals surface area contributed by atoms with Gasteiger partial charge in [0.05, 0.1) is 6.04 Å². The van der Waals surface area contributed by atoms with Gasteiger partial charge in [-0.25, -0.2) is 0 Å². The van der Waals surface area contributed by atoms with Crippen LogP contribution in [-0.4, -0.2) is 35.3 Å². The van der Waals surface area contributed by atoms with E-state index in [1.54, 1.807) is 0 Å². The van der Waals surface area contributed by atoms with Crippen molar-refractivity contribution in [1.29, 1.82) is 0 Å². The quantitative estimate of drug-likeness (QED) is 0.825. The van der Waals surface area contributed by atoms with Gasteiger partial charge in [0.15, 0.2) is 5.69 Å². The molecular formula is C17H20BrClN4O. The number of hydrogen-bond acceptors (Lipinski definition) is 3. The number of halogens is 2. The molecule has 1 atom stereocenters. The van der Waals surface area contributed by atoms with Crippen molar-refractivity contribution in [1.82, 2.24) is 15.1 Å². The molecule has 1 N–H and O–H groups in total. The molecule has 1 saturated heterocycles. The lowest BCUT2D eigenvalue weighted by Gasteiger charge is -2.23. The Labute approximate surface area is 155 Å². The number of aromatic nitrogens is 2. The van der Waals surface area contributed by atoms with Crippen LogP contribution >= 0.6 is 28.3 Å². The first-order chi connectivity index (χ1) is 11.2. The number of hydrogen-bond donors (Lipinski definition) is 1. The van der Waals surface area contributed by atoms with Crippen molar-refractivity contribution in [3.8, 4) is 0 Å². The van der Waals surface area contributed by atoms with Gasteiger partial charge in [0, 0.05) is 29.4 Å². The maximum absolute atomic E-state index is 12.8. The number of rotatable bonds is 2. The van der Waals surface area contributed by atoms with Crippen LogP contribution in [-0.2, 0) is 6.42 Å². The molecule has 1 unspecified atom stereocenters. The SMILES string of the molecule is Cl.O=C(c1ccn(C2CCCNC2)n1)N1CCc2ccc(Br)cc21. The number of fused-ring (bicyclic) bond motifs is 1. The molecule has 0 saturated carbocycles. The van der Waals surface area contributed by atoms with E-state index in [9.17, 15) is 4.79 Å². The van der Waals surface area contributed by atoms with Gasteiger partial charge in [0.1, 0.15) is 0 Å². The number of anilines is 1. The van der Waals surface area contributed by atoms with Crippen molar-refractivity contribution in [2.24, 2.45) is 0 Å². The standard InChI is InChI=1S/C17H19BrN4O.ClH/c18-13-4-3-12-5-8-21(16(12)10-13)17(23)15-6-9-22(20-15)14-2-1-7-19-11-14;/h3-4,6,9-10,14,19H,1-2,5,7-8,11H2;1H. The largest absolute Gasteiger partial charge is 0.315 e. The van der Waals surface area contributed by atoms with Crippen molar-refractivity contribution < 1.29 is 4.79 Å². The molecular weight excluding hydrogens is 392 g/mol. The Bertz CT molecular complexity index is 742. The van der Waals surface area contributed by atoms with Gasteiger partial charge in [-0.3, -0.25) is 9.48 Å². The van der Waals surface area contributed by atoms with Crippen LogP contribution < -0.4 is 10.2 Å². The minimum Gasteiger partial charge on any atom is -0.315 e. The van der Waals surface area contributed by atoms with Crippen LogP contribution in [0.25, 0.3) is 0 Å². The third-order valence-corrected chi connectivity index (χ3v) is 5.15. The Morgan fingerprint density at radius 1 is 1.33 bits per heavy atom. The van der Waals surface area contributed by atoms with E-state index < -0.39 is 0 Å². The second kappa shape index (κ2) is 7.25. The fourth-order valence-electron chi connectivity index (χ4n) is 3.42. The topological polar surface area (TPSA) is 50.2 Å². The molecule has 128 valence electrons. The molecule has 5 nitrogen and oxygen atoms in total. The van der Waals surface area contributed by atoms with E-state index in [4.69, 9.17) is 0 Å². The summed E-state index contributed by atoms with van der Waals surface area (Å²) in [7, 11) is 0. The highest BCUT2D eigenvalue weighted by Crippen LogP contribution is 2.31. The summed E-state index contributed by atoms with van der Waals surface area (Å²) >= 11 is 3.49. The van der Waals surface area contributed by atoms with Crippen LogP contribution in [0.15, 0.2) is 34.9 Å². The Morgan fingerprint density at radius 3 is 3.00 bits per heavy atom. The van der Waals surface area contributed by atoms with Gasteiger partial charge in [-0.05, 0) is 49.6 Å². The summed E-state index contributed by atoms with van der Waals surface area (Å²) in [5.74, 6) is -0.00984. The number of piperidine rings is 1. The van der Waals surface area contributed by atoms with Crippen LogP contribution in [0.3, 0.4) is 0 Å². The van der Waals surface area contributed by atoms with Gasteiger partial charge in [-0.2, -0.15) is 5.10 Å². The lowest BCUT2D eigenvalue weighted by molar-refractivity contribution is 0.0983. The lowest BCUT2D eigenvalue weighted by atomic mass is 10.1. The zero-order valence-electron chi connectivity index (χ0n) is 13.2. The molecule has 0 aliphatic carbocycles. The van der Waals surface area contributed by atoms with Crippen LogP contribution in [0.1, 0.15) is 34.9 Å². The number of nitrogens with one attached hydrogen (secondary N) is 1. The Morgan fingerprint density at radius 2 is 2.21 bits per heavy atom. The van der Waals surface area contributed by atoms with Gasteiger partial charge < -0.3 is 10.2 Å². The fraction of sp³-hybridized carbons (Fsp3) is 0.412. The summed E-state index contributed by atoms with van der Waals surface area (Å²) in [6.07, 6.45) is 5.10. The maximum atomic E-state index is 12.8. The molecule has 2 aliphatic rings. The molecule has 2 aromatic rings. The van der Waals surface area contributed by atoms with Crippen molar-refractivity contribution in [2.75, 3.05) is 24.5 Å². The average Bonchev–Trinajstić information content (AvgIpc) is 3.22. The van der Waals surface area contributed by atoms with E-state index in [0.29, 0.717) is 11.7 Å². The van der Waals surface area contributed by atoms with Gasteiger partial charge >= 0.3 is 0 Å². The van der Waals surface area contributed by atoms with Gasteiger partial charge in [0.25, 0.3) is 5.91 Å². The van der Waals surface area contributed by atoms with Gasteiger partial charge in [-0.1, -0.05) is 22.0 Å². The van der Waals surface area contributed by atoms with Crippen LogP contribution in [0.2, 0.25) is 0 Å². The number of benzene rings is 1. The average molecular weight is 412 g/mol. The molecule has 3 heterocycles. The lowest BCUT2D eigenvalue weighted by Crippen LogP contribution is -2.32. The van der Waals surface area contributed by atoms with Crippen LogP contribution in [0.4, 0.5) is 5.69 Å². The minimum absolute atomic E-state index is 0. The zero-order chi connectivity index (χ0) is 15.8. The Kier molecular flexibility index (Phi) is 5.27. The second-order valence-electron chi connectivity index (χ2n) is 6.16. The summed E-state index contributed by atoms with van der Waals surface area (Å²) in [5, 5.41) is 7.93. The predicted molar refractivity (Wildman–Crippen MR) is 100 cm³/mol. The van der Waals surface area contributed by atoms with Crippen molar-refractivity contribution in [2.45, 2.75) is 25.3 Å². The first-order valence-electron chi connectivity index (χ1n) is 8.08. The molecule has 24 heavy (non-hydrogen) atoms. The molecule has 0 spiro atoms. The minimum atomic E-state index is -0.00984. The van der Waals surface area contributed by atoms with E-state index in [1.807, 2.05) is 34.0 Å². The summed E-state index contributed by atoms with van der Waals surface area (Å²) in [6.45, 7) is 2.72. The predicted octanol–water partition coefficient (Wildman–Crippen LogP) is 3.19. The fourth-order valence-corrected chi connectivity index (χ4v) is 3.77. The van der Waals surface area contributed by atoms with Crippen LogP contribution in [0.5, 0.6) is 0 Å². The van der Waals surface area contributed by atoms with Crippen molar-refractivity contribution >= 4 is 39.9 Å². The first kappa shape index (κ1) is 17.5. The number of amides is 1. The Balaban J connectivity index is 0.00000169. The summed E-state index contributed by atoms with van der Waals surface area (Å²) in [5.41, 5.74) is 2.75. The molecule has 4 rings (SSSR count). The Hall–Kier alpha value is -1.37. The van der Waals surface area contributed by atoms with E-state index >= 15 is 0 Å². The highest BCUT2D eigenvalue weighted by Gasteiger charge is 2.27. The van der Waals surface area contributed by atoms with Crippen molar-refractivity contribution in [3.05, 3.63) is 46.2 Å². The summed E-state index contributed by atoms with van der Waals surface area (Å²) < 4.78 is 2.94. The van der Waals surface area contributed by atoms with E-state index in [2.05, 4.69) is 32.4 Å². The van der Waals surface area contributed by atoms with E-state index in [-0.39, 0.29) is 18.3 Å². The number of carbonyl (C=O) groups is 1. The molecule has 0 radical (unpaired) electrons. The number of nitrogens with zero attached hydrogens (tertiary/aromatic N) is 3. The highest BCUT2D eigenvalue weighted by atomic mass is 79.9. The first-order valence-corrected chi connectivity index (χ1v) is 8.88. The normalized spacial score (nSPS) is 19.7. The molecule has 1 aromatic carbocycles. The number of carbonyl (C=O) groups excluding carboxylic acids is 1. The zero-order valence-corrected chi connectivity index (χ0v) is 15.6. The van der Waals surface area contributed by atoms with Gasteiger partial charge in [-0.15, -0.1) is 12.4 Å². The molecule has 1 amide bonds. The molecule has 1 aromatic heterocycles. The molecule has 2 aliphatic heterocycles. The highest BCUT2D eigenvalue weighted by molar-refractivity contribution is 9.10. The third-order valence-electron chi connectivity index (χ3n) is 4.66. The van der Waals surface area contributed by atoms with Crippen molar-refractivity contribution in [3.63, 3.8) is 0 Å². The van der Waals surface area contributed by atoms with E-state index in [0.717, 1.165) is 49.1 Å². The molecule has 1 fully saturated rings. The van der Waals surface area contributed by atoms with Gasteiger partial charge in [0.2, 0.25) is 0 Å². The molecule has 7 heteroatoms. The monoisotopic (exact) mass is 410 g/mol. The second-order valence-corrected chi connectivity index (χ2v) is 7.08. The molecule has 0 bridgehead atoms. The third kappa shape index (κ3) is 3.23.